The van der Waals surface area contributed by atoms with Crippen LogP contribution in [0.25, 0.3) is 0 Å². The Morgan fingerprint density at radius 2 is 2.00 bits per heavy atom. The molecule has 1 atom stereocenters. The summed E-state index contributed by atoms with van der Waals surface area (Å²) < 4.78 is 0. The third-order valence-corrected chi connectivity index (χ3v) is 1.87. The Balaban J connectivity index is 2.41. The van der Waals surface area contributed by atoms with E-state index in [9.17, 15) is 0 Å². The molecule has 1 aromatic rings. The van der Waals surface area contributed by atoms with Crippen LogP contribution in [0.5, 0.6) is 0 Å². The maximum Gasteiger partial charge on any atom is 0.0236 e. The quantitative estimate of drug-likeness (QED) is 0.667. The van der Waals surface area contributed by atoms with E-state index >= 15 is 0 Å². The van der Waals surface area contributed by atoms with Crippen LogP contribution in [0.15, 0.2) is 30.3 Å². The van der Waals surface area contributed by atoms with E-state index in [0.29, 0.717) is 12.5 Å². The fourth-order valence-corrected chi connectivity index (χ4v) is 1.24. The average molecular weight is 165 g/mol. The van der Waals surface area contributed by atoms with Gasteiger partial charge in [-0.1, -0.05) is 37.3 Å². The molecule has 0 amide bonds. The van der Waals surface area contributed by atoms with Gasteiger partial charge in [0.25, 0.3) is 0 Å². The molecule has 0 heterocycles. The highest BCUT2D eigenvalue weighted by Gasteiger charge is 2.01. The molecular weight excluding hydrogens is 150 g/mol. The lowest BCUT2D eigenvalue weighted by atomic mass is 10.0. The zero-order chi connectivity index (χ0) is 8.81. The molecule has 0 unspecified atom stereocenters. The van der Waals surface area contributed by atoms with Crippen molar-refractivity contribution in [1.82, 2.24) is 5.48 Å². The van der Waals surface area contributed by atoms with Crippen LogP contribution < -0.4 is 5.48 Å². The van der Waals surface area contributed by atoms with Gasteiger partial charge in [-0.05, 0) is 17.9 Å². The van der Waals surface area contributed by atoms with Crippen LogP contribution in [0.1, 0.15) is 12.5 Å². The number of rotatable bonds is 4. The molecule has 0 fully saturated rings. The molecule has 0 radical (unpaired) electrons. The van der Waals surface area contributed by atoms with Gasteiger partial charge in [-0.15, -0.1) is 0 Å². The van der Waals surface area contributed by atoms with Gasteiger partial charge in [-0.3, -0.25) is 0 Å². The molecule has 0 saturated carbocycles. The third kappa shape index (κ3) is 3.03. The molecule has 12 heavy (non-hydrogen) atoms. The number of benzene rings is 1. The van der Waals surface area contributed by atoms with Crippen LogP contribution in [0.4, 0.5) is 0 Å². The minimum absolute atomic E-state index is 0.470. The van der Waals surface area contributed by atoms with Gasteiger partial charge in [-0.2, -0.15) is 0 Å². The molecule has 0 aliphatic heterocycles. The molecule has 0 aliphatic carbocycles. The van der Waals surface area contributed by atoms with Crippen molar-refractivity contribution in [2.45, 2.75) is 13.3 Å². The van der Waals surface area contributed by atoms with Crippen molar-refractivity contribution < 1.29 is 5.21 Å². The molecule has 0 spiro atoms. The first-order valence-electron chi connectivity index (χ1n) is 4.24. The molecular formula is C10H15NO. The van der Waals surface area contributed by atoms with Gasteiger partial charge in [0.15, 0.2) is 0 Å². The molecule has 1 aromatic carbocycles. The molecule has 0 aromatic heterocycles. The Kier molecular flexibility index (Phi) is 3.77. The Hall–Kier alpha value is -0.860. The summed E-state index contributed by atoms with van der Waals surface area (Å²) in [6.07, 6.45) is 1.01. The predicted molar refractivity (Wildman–Crippen MR) is 49.1 cm³/mol. The number of hydroxylamine groups is 1. The fourth-order valence-electron chi connectivity index (χ4n) is 1.24. The summed E-state index contributed by atoms with van der Waals surface area (Å²) in [5.41, 5.74) is 3.51. The van der Waals surface area contributed by atoms with Crippen molar-refractivity contribution in [3.63, 3.8) is 0 Å². The second-order valence-corrected chi connectivity index (χ2v) is 3.16. The summed E-state index contributed by atoms with van der Waals surface area (Å²) >= 11 is 0. The van der Waals surface area contributed by atoms with Crippen molar-refractivity contribution in [3.8, 4) is 0 Å². The van der Waals surface area contributed by atoms with Gasteiger partial charge in [0.1, 0.15) is 0 Å². The van der Waals surface area contributed by atoms with Crippen LogP contribution in [0, 0.1) is 5.92 Å². The highest BCUT2D eigenvalue weighted by molar-refractivity contribution is 5.15. The van der Waals surface area contributed by atoms with Gasteiger partial charge in [0, 0.05) is 6.54 Å². The summed E-state index contributed by atoms with van der Waals surface area (Å²) in [6, 6.07) is 10.3. The Morgan fingerprint density at radius 1 is 1.33 bits per heavy atom. The number of hydrogen-bond donors (Lipinski definition) is 2. The Morgan fingerprint density at radius 3 is 2.58 bits per heavy atom. The van der Waals surface area contributed by atoms with Crippen molar-refractivity contribution >= 4 is 0 Å². The lowest BCUT2D eigenvalue weighted by Gasteiger charge is -2.09. The first-order valence-corrected chi connectivity index (χ1v) is 4.24. The zero-order valence-electron chi connectivity index (χ0n) is 7.33. The van der Waals surface area contributed by atoms with Gasteiger partial charge in [0.2, 0.25) is 0 Å². The van der Waals surface area contributed by atoms with E-state index in [1.165, 1.54) is 5.56 Å². The normalized spacial score (nSPS) is 12.8. The van der Waals surface area contributed by atoms with Crippen LogP contribution in [0.3, 0.4) is 0 Å². The zero-order valence-corrected chi connectivity index (χ0v) is 7.33. The molecule has 2 nitrogen and oxygen atoms in total. The molecule has 2 heteroatoms. The fraction of sp³-hybridized carbons (Fsp3) is 0.400. The highest BCUT2D eigenvalue weighted by Crippen LogP contribution is 2.06. The molecule has 66 valence electrons. The van der Waals surface area contributed by atoms with Crippen LogP contribution in [-0.4, -0.2) is 11.8 Å². The van der Waals surface area contributed by atoms with Gasteiger partial charge in [0.05, 0.1) is 0 Å². The van der Waals surface area contributed by atoms with Crippen LogP contribution in [-0.2, 0) is 6.42 Å². The molecule has 2 N–H and O–H groups in total. The maximum absolute atomic E-state index is 8.46. The number of nitrogens with one attached hydrogen (secondary N) is 1. The topological polar surface area (TPSA) is 32.3 Å². The minimum atomic E-state index is 0.470. The largest absolute Gasteiger partial charge is 0.317 e. The molecule has 1 rings (SSSR count). The van der Waals surface area contributed by atoms with Crippen molar-refractivity contribution in [3.05, 3.63) is 35.9 Å². The summed E-state index contributed by atoms with van der Waals surface area (Å²) in [6.45, 7) is 2.76. The molecule has 0 aliphatic rings. The van der Waals surface area contributed by atoms with Gasteiger partial charge < -0.3 is 5.21 Å². The lowest BCUT2D eigenvalue weighted by Crippen LogP contribution is -2.18. The average Bonchev–Trinajstić information content (AvgIpc) is 2.06. The maximum atomic E-state index is 8.46. The minimum Gasteiger partial charge on any atom is -0.317 e. The smallest absolute Gasteiger partial charge is 0.0236 e. The van der Waals surface area contributed by atoms with E-state index in [1.807, 2.05) is 18.2 Å². The Labute approximate surface area is 73.2 Å². The SMILES string of the molecule is C[C@@H](CNO)Cc1ccccc1. The monoisotopic (exact) mass is 165 g/mol. The second kappa shape index (κ2) is 4.91. The summed E-state index contributed by atoms with van der Waals surface area (Å²) in [5.74, 6) is 0.470. The first kappa shape index (κ1) is 9.23. The highest BCUT2D eigenvalue weighted by atomic mass is 16.5. The van der Waals surface area contributed by atoms with E-state index in [1.54, 1.807) is 0 Å². The van der Waals surface area contributed by atoms with E-state index in [-0.39, 0.29) is 0 Å². The predicted octanol–water partition coefficient (Wildman–Crippen LogP) is 1.84. The summed E-state index contributed by atoms with van der Waals surface area (Å²) in [7, 11) is 0. The molecule has 0 saturated heterocycles. The van der Waals surface area contributed by atoms with E-state index in [2.05, 4.69) is 24.5 Å². The van der Waals surface area contributed by atoms with E-state index in [4.69, 9.17) is 5.21 Å². The van der Waals surface area contributed by atoms with Crippen LogP contribution >= 0.6 is 0 Å². The first-order chi connectivity index (χ1) is 5.83. The summed E-state index contributed by atoms with van der Waals surface area (Å²) in [5, 5.41) is 8.46. The third-order valence-electron chi connectivity index (χ3n) is 1.87. The van der Waals surface area contributed by atoms with Crippen molar-refractivity contribution in [2.24, 2.45) is 5.92 Å². The van der Waals surface area contributed by atoms with Gasteiger partial charge >= 0.3 is 0 Å². The second-order valence-electron chi connectivity index (χ2n) is 3.16. The van der Waals surface area contributed by atoms with Crippen LogP contribution in [0.2, 0.25) is 0 Å². The summed E-state index contributed by atoms with van der Waals surface area (Å²) in [4.78, 5) is 0. The van der Waals surface area contributed by atoms with Crippen molar-refractivity contribution in [2.75, 3.05) is 6.54 Å². The van der Waals surface area contributed by atoms with Crippen molar-refractivity contribution in [1.29, 1.82) is 0 Å². The standard InChI is InChI=1S/C10H15NO/c1-9(8-11-12)7-10-5-3-2-4-6-10/h2-6,9,11-12H,7-8H2,1H3/t9-/m1/s1. The van der Waals surface area contributed by atoms with Gasteiger partial charge in [-0.25, -0.2) is 5.48 Å². The number of hydrogen-bond acceptors (Lipinski definition) is 2. The lowest BCUT2D eigenvalue weighted by molar-refractivity contribution is 0.151. The molecule has 0 bridgehead atoms. The van der Waals surface area contributed by atoms with E-state index < -0.39 is 0 Å². The Bertz CT molecular complexity index is 210. The van der Waals surface area contributed by atoms with E-state index in [0.717, 1.165) is 6.42 Å².